The van der Waals surface area contributed by atoms with Crippen LogP contribution in [0.2, 0.25) is 5.02 Å². The van der Waals surface area contributed by atoms with Crippen molar-refractivity contribution in [3.8, 4) is 0 Å². The first-order chi connectivity index (χ1) is 9.60. The van der Waals surface area contributed by atoms with Crippen molar-refractivity contribution in [1.82, 2.24) is 5.32 Å². The van der Waals surface area contributed by atoms with Crippen molar-refractivity contribution >= 4 is 27.5 Å². The van der Waals surface area contributed by atoms with Crippen LogP contribution in [0.1, 0.15) is 29.7 Å². The van der Waals surface area contributed by atoms with Gasteiger partial charge in [-0.15, -0.1) is 0 Å². The number of hydrogen-bond donors (Lipinski definition) is 1. The molecule has 1 unspecified atom stereocenters. The van der Waals surface area contributed by atoms with Crippen LogP contribution >= 0.6 is 27.5 Å². The van der Waals surface area contributed by atoms with E-state index in [2.05, 4.69) is 65.4 Å². The SMILES string of the molecule is CCNC(Cc1cccc(Br)c1)c1ccc(Cl)cc1C. The van der Waals surface area contributed by atoms with Gasteiger partial charge in [0.1, 0.15) is 0 Å². The lowest BCUT2D eigenvalue weighted by Gasteiger charge is -2.21. The predicted molar refractivity (Wildman–Crippen MR) is 90.5 cm³/mol. The fourth-order valence-corrected chi connectivity index (χ4v) is 3.14. The van der Waals surface area contributed by atoms with Gasteiger partial charge in [0.05, 0.1) is 0 Å². The summed E-state index contributed by atoms with van der Waals surface area (Å²) in [7, 11) is 0. The highest BCUT2D eigenvalue weighted by Crippen LogP contribution is 2.25. The summed E-state index contributed by atoms with van der Waals surface area (Å²) >= 11 is 9.59. The molecule has 0 amide bonds. The van der Waals surface area contributed by atoms with Gasteiger partial charge in [0.25, 0.3) is 0 Å². The second-order valence-corrected chi connectivity index (χ2v) is 6.30. The molecule has 0 spiro atoms. The molecule has 2 rings (SSSR count). The number of likely N-dealkylation sites (N-methyl/N-ethyl adjacent to an activating group) is 1. The van der Waals surface area contributed by atoms with Crippen LogP contribution in [-0.2, 0) is 6.42 Å². The van der Waals surface area contributed by atoms with Gasteiger partial charge in [0.15, 0.2) is 0 Å². The molecule has 0 aliphatic rings. The summed E-state index contributed by atoms with van der Waals surface area (Å²) in [5, 5.41) is 4.36. The fourth-order valence-electron chi connectivity index (χ4n) is 2.47. The summed E-state index contributed by atoms with van der Waals surface area (Å²) < 4.78 is 1.12. The third kappa shape index (κ3) is 4.08. The van der Waals surface area contributed by atoms with Gasteiger partial charge >= 0.3 is 0 Å². The monoisotopic (exact) mass is 351 g/mol. The zero-order valence-corrected chi connectivity index (χ0v) is 14.1. The van der Waals surface area contributed by atoms with Crippen molar-refractivity contribution in [2.45, 2.75) is 26.3 Å². The van der Waals surface area contributed by atoms with E-state index in [1.807, 2.05) is 12.1 Å². The summed E-state index contributed by atoms with van der Waals surface area (Å²) in [5.41, 5.74) is 3.87. The summed E-state index contributed by atoms with van der Waals surface area (Å²) in [5.74, 6) is 0. The molecule has 0 saturated heterocycles. The summed E-state index contributed by atoms with van der Waals surface area (Å²) in [6.07, 6.45) is 0.968. The van der Waals surface area contributed by atoms with Gasteiger partial charge in [0.2, 0.25) is 0 Å². The Kier molecular flexibility index (Phi) is 5.64. The molecule has 0 saturated carbocycles. The van der Waals surface area contributed by atoms with E-state index in [4.69, 9.17) is 11.6 Å². The van der Waals surface area contributed by atoms with Crippen LogP contribution in [-0.4, -0.2) is 6.54 Å². The Hall–Kier alpha value is -0.830. The second-order valence-electron chi connectivity index (χ2n) is 4.95. The number of benzene rings is 2. The molecule has 0 fully saturated rings. The molecule has 20 heavy (non-hydrogen) atoms. The van der Waals surface area contributed by atoms with Crippen LogP contribution in [0.3, 0.4) is 0 Å². The molecule has 1 N–H and O–H groups in total. The van der Waals surface area contributed by atoms with Gasteiger partial charge in [0, 0.05) is 15.5 Å². The second kappa shape index (κ2) is 7.26. The molecule has 0 aliphatic carbocycles. The van der Waals surface area contributed by atoms with Crippen LogP contribution in [0, 0.1) is 6.92 Å². The largest absolute Gasteiger partial charge is 0.310 e. The zero-order chi connectivity index (χ0) is 14.5. The quantitative estimate of drug-likeness (QED) is 0.769. The maximum absolute atomic E-state index is 6.05. The molecule has 0 radical (unpaired) electrons. The Morgan fingerprint density at radius 3 is 2.65 bits per heavy atom. The van der Waals surface area contributed by atoms with E-state index in [-0.39, 0.29) is 0 Å². The van der Waals surface area contributed by atoms with E-state index in [1.54, 1.807) is 0 Å². The highest BCUT2D eigenvalue weighted by molar-refractivity contribution is 9.10. The van der Waals surface area contributed by atoms with E-state index >= 15 is 0 Å². The Morgan fingerprint density at radius 1 is 1.20 bits per heavy atom. The molecule has 0 bridgehead atoms. The van der Waals surface area contributed by atoms with Gasteiger partial charge in [-0.3, -0.25) is 0 Å². The molecule has 0 aromatic heterocycles. The molecular formula is C17H19BrClN. The fraction of sp³-hybridized carbons (Fsp3) is 0.294. The number of nitrogens with one attached hydrogen (secondary N) is 1. The first-order valence-electron chi connectivity index (χ1n) is 6.84. The van der Waals surface area contributed by atoms with Crippen molar-refractivity contribution in [2.24, 2.45) is 0 Å². The van der Waals surface area contributed by atoms with Gasteiger partial charge in [-0.1, -0.05) is 52.7 Å². The number of hydrogen-bond acceptors (Lipinski definition) is 1. The lowest BCUT2D eigenvalue weighted by Crippen LogP contribution is -2.23. The highest BCUT2D eigenvalue weighted by atomic mass is 79.9. The Labute approximate surface area is 134 Å². The number of aryl methyl sites for hydroxylation is 1. The minimum atomic E-state index is 0.312. The van der Waals surface area contributed by atoms with Crippen molar-refractivity contribution in [3.63, 3.8) is 0 Å². The van der Waals surface area contributed by atoms with E-state index in [0.717, 1.165) is 22.5 Å². The molecule has 3 heteroatoms. The van der Waals surface area contributed by atoms with Gasteiger partial charge in [-0.2, -0.15) is 0 Å². The first-order valence-corrected chi connectivity index (χ1v) is 8.01. The van der Waals surface area contributed by atoms with Crippen molar-refractivity contribution < 1.29 is 0 Å². The predicted octanol–water partition coefficient (Wildman–Crippen LogP) is 5.30. The molecule has 0 heterocycles. The average Bonchev–Trinajstić information content (AvgIpc) is 2.38. The maximum Gasteiger partial charge on any atom is 0.0408 e. The van der Waals surface area contributed by atoms with Crippen molar-refractivity contribution in [2.75, 3.05) is 6.54 Å². The van der Waals surface area contributed by atoms with Crippen LogP contribution in [0.4, 0.5) is 0 Å². The zero-order valence-electron chi connectivity index (χ0n) is 11.8. The minimum Gasteiger partial charge on any atom is -0.310 e. The van der Waals surface area contributed by atoms with Crippen LogP contribution in [0.25, 0.3) is 0 Å². The molecule has 106 valence electrons. The Morgan fingerprint density at radius 2 is 2.00 bits per heavy atom. The topological polar surface area (TPSA) is 12.0 Å². The summed E-state index contributed by atoms with van der Waals surface area (Å²) in [6.45, 7) is 5.20. The molecule has 1 nitrogen and oxygen atoms in total. The van der Waals surface area contributed by atoms with Gasteiger partial charge in [-0.25, -0.2) is 0 Å². The van der Waals surface area contributed by atoms with Crippen LogP contribution in [0.5, 0.6) is 0 Å². The molecule has 1 atom stereocenters. The third-order valence-electron chi connectivity index (χ3n) is 3.39. The summed E-state index contributed by atoms with van der Waals surface area (Å²) in [4.78, 5) is 0. The number of halogens is 2. The van der Waals surface area contributed by atoms with Crippen LogP contribution < -0.4 is 5.32 Å². The molecule has 2 aromatic carbocycles. The normalized spacial score (nSPS) is 12.4. The van der Waals surface area contributed by atoms with Crippen molar-refractivity contribution in [3.05, 3.63) is 68.7 Å². The minimum absolute atomic E-state index is 0.312. The smallest absolute Gasteiger partial charge is 0.0408 e. The highest BCUT2D eigenvalue weighted by Gasteiger charge is 2.13. The number of rotatable bonds is 5. The maximum atomic E-state index is 6.05. The lowest BCUT2D eigenvalue weighted by atomic mass is 9.95. The van der Waals surface area contributed by atoms with E-state index in [0.29, 0.717) is 6.04 Å². The first kappa shape index (κ1) is 15.6. The molecule has 2 aromatic rings. The Bertz CT molecular complexity index is 583. The van der Waals surface area contributed by atoms with Gasteiger partial charge in [-0.05, 0) is 60.8 Å². The van der Waals surface area contributed by atoms with E-state index in [9.17, 15) is 0 Å². The van der Waals surface area contributed by atoms with Gasteiger partial charge < -0.3 is 5.32 Å². The van der Waals surface area contributed by atoms with E-state index in [1.165, 1.54) is 16.7 Å². The summed E-state index contributed by atoms with van der Waals surface area (Å²) in [6, 6.07) is 14.9. The van der Waals surface area contributed by atoms with Crippen molar-refractivity contribution in [1.29, 1.82) is 0 Å². The lowest BCUT2D eigenvalue weighted by molar-refractivity contribution is 0.547. The van der Waals surface area contributed by atoms with Crippen LogP contribution in [0.15, 0.2) is 46.9 Å². The van der Waals surface area contributed by atoms with E-state index < -0.39 is 0 Å². The average molecular weight is 353 g/mol. The third-order valence-corrected chi connectivity index (χ3v) is 4.11. The standard InChI is InChI=1S/C17H19BrClN/c1-3-20-17(11-13-5-4-6-14(18)10-13)16-8-7-15(19)9-12(16)2/h4-10,17,20H,3,11H2,1-2H3. The molecule has 0 aliphatic heterocycles. The molecular weight excluding hydrogens is 334 g/mol. The Balaban J connectivity index is 2.26.